The van der Waals surface area contributed by atoms with Gasteiger partial charge in [0.25, 0.3) is 5.91 Å². The Bertz CT molecular complexity index is 863. The first-order valence-electron chi connectivity index (χ1n) is 7.42. The van der Waals surface area contributed by atoms with E-state index in [1.807, 2.05) is 0 Å². The normalized spacial score (nSPS) is 17.1. The maximum atomic E-state index is 12.7. The van der Waals surface area contributed by atoms with Crippen LogP contribution in [0.1, 0.15) is 32.5 Å². The van der Waals surface area contributed by atoms with Gasteiger partial charge in [0.2, 0.25) is 5.78 Å². The largest absolute Gasteiger partial charge is 0.503 e. The quantitative estimate of drug-likeness (QED) is 0.677. The summed E-state index contributed by atoms with van der Waals surface area (Å²) in [6.45, 7) is 0. The fourth-order valence-corrected chi connectivity index (χ4v) is 2.80. The summed E-state index contributed by atoms with van der Waals surface area (Å²) < 4.78 is 9.74. The second-order valence-corrected chi connectivity index (χ2v) is 5.50. The zero-order chi connectivity index (χ0) is 18.1. The summed E-state index contributed by atoms with van der Waals surface area (Å²) in [5, 5.41) is 10.2. The van der Waals surface area contributed by atoms with Gasteiger partial charge < -0.3 is 19.2 Å². The topological polar surface area (TPSA) is 97.0 Å². The Kier molecular flexibility index (Phi) is 4.14. The molecule has 0 saturated heterocycles. The Balaban J connectivity index is 2.02. The number of methoxy groups -OCH3 is 1. The molecule has 2 aromatic rings. The van der Waals surface area contributed by atoms with Crippen LogP contribution in [0.5, 0.6) is 0 Å². The maximum Gasteiger partial charge on any atom is 0.337 e. The number of aliphatic hydroxyl groups excluding tert-OH is 1. The monoisotopic (exact) mass is 341 g/mol. The van der Waals surface area contributed by atoms with Crippen molar-refractivity contribution in [2.24, 2.45) is 0 Å². The van der Waals surface area contributed by atoms with E-state index < -0.39 is 29.5 Å². The molecule has 0 fully saturated rings. The number of ether oxygens (including phenoxy) is 1. The summed E-state index contributed by atoms with van der Waals surface area (Å²) >= 11 is 0. The van der Waals surface area contributed by atoms with Crippen LogP contribution in [0, 0.1) is 0 Å². The van der Waals surface area contributed by atoms with Gasteiger partial charge in [-0.05, 0) is 29.8 Å². The number of hydrogen-bond acceptors (Lipinski definition) is 6. The van der Waals surface area contributed by atoms with Crippen molar-refractivity contribution in [1.29, 1.82) is 0 Å². The van der Waals surface area contributed by atoms with Crippen LogP contribution in [0.2, 0.25) is 0 Å². The molecule has 1 aromatic carbocycles. The predicted molar refractivity (Wildman–Crippen MR) is 86.0 cm³/mol. The van der Waals surface area contributed by atoms with Crippen LogP contribution in [-0.2, 0) is 9.53 Å². The minimum absolute atomic E-state index is 0.0285. The highest BCUT2D eigenvalue weighted by Crippen LogP contribution is 2.37. The van der Waals surface area contributed by atoms with E-state index in [1.165, 1.54) is 43.5 Å². The van der Waals surface area contributed by atoms with Crippen molar-refractivity contribution in [2.45, 2.75) is 6.04 Å². The Labute approximate surface area is 143 Å². The Morgan fingerprint density at radius 2 is 1.88 bits per heavy atom. The zero-order valence-corrected chi connectivity index (χ0v) is 13.6. The third kappa shape index (κ3) is 2.69. The van der Waals surface area contributed by atoms with E-state index in [2.05, 4.69) is 4.74 Å². The van der Waals surface area contributed by atoms with Gasteiger partial charge in [0.05, 0.1) is 30.6 Å². The first-order chi connectivity index (χ1) is 12.0. The number of carbonyl (C=O) groups excluding carboxylic acids is 3. The van der Waals surface area contributed by atoms with Crippen LogP contribution < -0.4 is 0 Å². The number of aliphatic hydroxyl groups is 1. The minimum atomic E-state index is -0.781. The summed E-state index contributed by atoms with van der Waals surface area (Å²) in [7, 11) is 2.76. The van der Waals surface area contributed by atoms with Crippen LogP contribution >= 0.6 is 0 Å². The fourth-order valence-electron chi connectivity index (χ4n) is 2.80. The van der Waals surface area contributed by atoms with Gasteiger partial charge in [-0.1, -0.05) is 12.1 Å². The molecule has 7 nitrogen and oxygen atoms in total. The van der Waals surface area contributed by atoms with Crippen molar-refractivity contribution in [3.8, 4) is 0 Å². The summed E-state index contributed by atoms with van der Waals surface area (Å²) in [5.74, 6) is -2.29. The number of benzene rings is 1. The van der Waals surface area contributed by atoms with Crippen molar-refractivity contribution < 1.29 is 28.6 Å². The summed E-state index contributed by atoms with van der Waals surface area (Å²) in [6, 6.07) is 8.50. The van der Waals surface area contributed by atoms with Crippen molar-refractivity contribution in [2.75, 3.05) is 14.2 Å². The SMILES string of the molecule is COC(=O)c1ccc(C2C(C(=O)c3ccco3)=C(O)C(=O)N2C)cc1. The molecule has 0 spiro atoms. The second-order valence-electron chi connectivity index (χ2n) is 5.50. The van der Waals surface area contributed by atoms with Crippen LogP contribution in [0.25, 0.3) is 0 Å². The van der Waals surface area contributed by atoms with E-state index in [1.54, 1.807) is 18.2 Å². The lowest BCUT2D eigenvalue weighted by Gasteiger charge is -2.22. The number of hydrogen-bond donors (Lipinski definition) is 1. The van der Waals surface area contributed by atoms with Crippen LogP contribution in [0.4, 0.5) is 0 Å². The molecule has 0 radical (unpaired) electrons. The molecule has 1 atom stereocenters. The molecule has 0 aliphatic carbocycles. The first kappa shape index (κ1) is 16.5. The highest BCUT2D eigenvalue weighted by Gasteiger charge is 2.42. The average Bonchev–Trinajstić information content (AvgIpc) is 3.24. The molecule has 3 rings (SSSR count). The van der Waals surface area contributed by atoms with Gasteiger partial charge in [-0.2, -0.15) is 0 Å². The number of furan rings is 1. The molecule has 1 amide bonds. The zero-order valence-electron chi connectivity index (χ0n) is 13.6. The fraction of sp³-hybridized carbons (Fsp3) is 0.167. The highest BCUT2D eigenvalue weighted by atomic mass is 16.5. The van der Waals surface area contributed by atoms with Crippen LogP contribution in [0.15, 0.2) is 58.4 Å². The Morgan fingerprint density at radius 3 is 2.44 bits per heavy atom. The molecule has 128 valence electrons. The minimum Gasteiger partial charge on any atom is -0.503 e. The lowest BCUT2D eigenvalue weighted by atomic mass is 9.94. The molecule has 25 heavy (non-hydrogen) atoms. The molecular formula is C18H15NO6. The van der Waals surface area contributed by atoms with Gasteiger partial charge in [-0.3, -0.25) is 9.59 Å². The van der Waals surface area contributed by atoms with Crippen molar-refractivity contribution in [3.63, 3.8) is 0 Å². The number of Topliss-reactive ketones (excluding diaryl/α,β-unsaturated/α-hetero) is 1. The number of rotatable bonds is 4. The lowest BCUT2D eigenvalue weighted by molar-refractivity contribution is -0.128. The van der Waals surface area contributed by atoms with E-state index in [4.69, 9.17) is 4.42 Å². The van der Waals surface area contributed by atoms with Gasteiger partial charge in [0.15, 0.2) is 11.5 Å². The number of esters is 1. The molecule has 7 heteroatoms. The van der Waals surface area contributed by atoms with E-state index in [0.717, 1.165) is 0 Å². The van der Waals surface area contributed by atoms with Gasteiger partial charge in [0.1, 0.15) is 0 Å². The second kappa shape index (κ2) is 6.27. The molecule has 1 aromatic heterocycles. The van der Waals surface area contributed by atoms with E-state index in [-0.39, 0.29) is 11.3 Å². The van der Waals surface area contributed by atoms with Crippen molar-refractivity contribution in [3.05, 3.63) is 70.9 Å². The third-order valence-electron chi connectivity index (χ3n) is 4.08. The lowest BCUT2D eigenvalue weighted by Crippen LogP contribution is -2.26. The number of amides is 1. The Morgan fingerprint density at radius 1 is 1.20 bits per heavy atom. The number of ketones is 1. The molecular weight excluding hydrogens is 326 g/mol. The standard InChI is InChI=1S/C18H15NO6/c1-19-14(10-5-7-11(8-6-10)18(23)24-2)13(16(21)17(19)22)15(20)12-4-3-9-25-12/h3-9,14,21H,1-2H3. The number of likely N-dealkylation sites (N-methyl/N-ethyl adjacent to an activating group) is 1. The number of nitrogens with zero attached hydrogens (tertiary/aromatic N) is 1. The number of carbonyl (C=O) groups is 3. The highest BCUT2D eigenvalue weighted by molar-refractivity contribution is 6.14. The summed E-state index contributed by atoms with van der Waals surface area (Å²) in [6.07, 6.45) is 1.34. The Hall–Kier alpha value is -3.35. The predicted octanol–water partition coefficient (Wildman–Crippen LogP) is 2.27. The van der Waals surface area contributed by atoms with Crippen molar-refractivity contribution in [1.82, 2.24) is 4.90 Å². The summed E-state index contributed by atoms with van der Waals surface area (Å²) in [5.41, 5.74) is 0.848. The molecule has 1 unspecified atom stereocenters. The molecule has 1 aliphatic rings. The van der Waals surface area contributed by atoms with E-state index in [0.29, 0.717) is 11.1 Å². The smallest absolute Gasteiger partial charge is 0.337 e. The van der Waals surface area contributed by atoms with Crippen LogP contribution in [0.3, 0.4) is 0 Å². The first-order valence-corrected chi connectivity index (χ1v) is 7.42. The van der Waals surface area contributed by atoms with E-state index in [9.17, 15) is 19.5 Å². The average molecular weight is 341 g/mol. The molecule has 2 heterocycles. The maximum absolute atomic E-state index is 12.7. The third-order valence-corrected chi connectivity index (χ3v) is 4.08. The van der Waals surface area contributed by atoms with Crippen molar-refractivity contribution >= 4 is 17.7 Å². The van der Waals surface area contributed by atoms with Gasteiger partial charge in [0, 0.05) is 7.05 Å². The van der Waals surface area contributed by atoms with Gasteiger partial charge in [-0.25, -0.2) is 4.79 Å². The molecule has 1 N–H and O–H groups in total. The van der Waals surface area contributed by atoms with Gasteiger partial charge >= 0.3 is 5.97 Å². The molecule has 0 saturated carbocycles. The van der Waals surface area contributed by atoms with Gasteiger partial charge in [-0.15, -0.1) is 0 Å². The molecule has 1 aliphatic heterocycles. The molecule has 0 bridgehead atoms. The van der Waals surface area contributed by atoms with Crippen LogP contribution in [-0.4, -0.2) is 41.8 Å². The van der Waals surface area contributed by atoms with E-state index >= 15 is 0 Å². The summed E-state index contributed by atoms with van der Waals surface area (Å²) in [4.78, 5) is 37.6.